The Kier molecular flexibility index (Phi) is 12.4. The summed E-state index contributed by atoms with van der Waals surface area (Å²) in [6.07, 6.45) is -1.49. The van der Waals surface area contributed by atoms with Crippen LogP contribution in [0.5, 0.6) is 0 Å². The van der Waals surface area contributed by atoms with E-state index in [0.29, 0.717) is 5.56 Å². The van der Waals surface area contributed by atoms with Crippen LogP contribution in [0.2, 0.25) is 0 Å². The van der Waals surface area contributed by atoms with Crippen LogP contribution in [0.3, 0.4) is 0 Å². The number of carbonyl (C=O) groups is 4. The van der Waals surface area contributed by atoms with Gasteiger partial charge in [0.2, 0.25) is 5.72 Å². The minimum Gasteiger partial charge on any atom is -0.457 e. The van der Waals surface area contributed by atoms with Gasteiger partial charge < -0.3 is 29.0 Å². The summed E-state index contributed by atoms with van der Waals surface area (Å²) >= 11 is 0. The summed E-state index contributed by atoms with van der Waals surface area (Å²) < 4.78 is 33.5. The molecule has 14 nitrogen and oxygen atoms in total. The topological polar surface area (TPSA) is 170 Å². The first-order valence-electron chi connectivity index (χ1n) is 20.2. The average Bonchev–Trinajstić information content (AvgIpc) is 3.87. The molecular weight excluding hydrogens is 803 g/mol. The number of aryl methyl sites for hydroxylation is 3. The van der Waals surface area contributed by atoms with Crippen LogP contribution in [-0.4, -0.2) is 74.9 Å². The van der Waals surface area contributed by atoms with Crippen LogP contribution < -0.4 is 5.32 Å². The molecule has 0 radical (unpaired) electrons. The van der Waals surface area contributed by atoms with Crippen molar-refractivity contribution in [1.29, 1.82) is 0 Å². The standard InChI is InChI=1S/C49H43N5O9/c1-31-14-20-36(21-15-31)46(56)60-28-49(54-30-52-40-43(50-29-51-44(40)54)53-45(55)35-12-8-5-9-13-35)42(62-48(58)38-24-18-33(3)19-25-38)41(61-47(57)37-22-16-32(2)17-23-37)39(63-49)27-59-26-34-10-6-4-7-11-34/h4-25,29-30,39,41-42H,26-28H2,1-3H3,(H,50,51,53,55)/t39-,41-,42-,49-/m1/s1. The monoisotopic (exact) mass is 845 g/mol. The van der Waals surface area contributed by atoms with Crippen LogP contribution in [0, 0.1) is 20.8 Å². The molecule has 1 aliphatic heterocycles. The van der Waals surface area contributed by atoms with Gasteiger partial charge >= 0.3 is 17.9 Å². The highest BCUT2D eigenvalue weighted by atomic mass is 16.7. The number of anilines is 1. The molecule has 1 fully saturated rings. The van der Waals surface area contributed by atoms with Crippen molar-refractivity contribution < 1.29 is 42.9 Å². The Hall–Kier alpha value is -7.55. The second-order valence-electron chi connectivity index (χ2n) is 15.2. The third-order valence-corrected chi connectivity index (χ3v) is 10.6. The number of hydrogen-bond donors (Lipinski definition) is 1. The molecule has 318 valence electrons. The van der Waals surface area contributed by atoms with Crippen molar-refractivity contribution in [2.45, 2.75) is 51.4 Å². The second-order valence-corrected chi connectivity index (χ2v) is 15.2. The zero-order chi connectivity index (χ0) is 43.9. The summed E-state index contributed by atoms with van der Waals surface area (Å²) in [6, 6.07) is 38.4. The maximum absolute atomic E-state index is 14.3. The van der Waals surface area contributed by atoms with E-state index < -0.39 is 54.5 Å². The largest absolute Gasteiger partial charge is 0.457 e. The maximum Gasteiger partial charge on any atom is 0.338 e. The molecule has 1 amide bonds. The molecule has 1 saturated heterocycles. The highest BCUT2D eigenvalue weighted by Crippen LogP contribution is 2.43. The third kappa shape index (κ3) is 9.37. The van der Waals surface area contributed by atoms with E-state index in [0.717, 1.165) is 22.3 Å². The molecule has 3 heterocycles. The van der Waals surface area contributed by atoms with E-state index in [1.54, 1.807) is 103 Å². The second kappa shape index (κ2) is 18.6. The predicted octanol–water partition coefficient (Wildman–Crippen LogP) is 7.58. The van der Waals surface area contributed by atoms with Crippen molar-refractivity contribution in [1.82, 2.24) is 19.5 Å². The molecule has 0 aliphatic carbocycles. The summed E-state index contributed by atoms with van der Waals surface area (Å²) in [5, 5.41) is 2.81. The number of imidazole rings is 1. The molecule has 1 aliphatic rings. The molecule has 0 unspecified atom stereocenters. The molecule has 63 heavy (non-hydrogen) atoms. The van der Waals surface area contributed by atoms with Gasteiger partial charge in [-0.3, -0.25) is 9.36 Å². The van der Waals surface area contributed by atoms with Gasteiger partial charge in [-0.2, -0.15) is 0 Å². The van der Waals surface area contributed by atoms with E-state index in [1.165, 1.54) is 17.2 Å². The number of hydrogen-bond acceptors (Lipinski definition) is 12. The number of benzene rings is 5. The lowest BCUT2D eigenvalue weighted by Crippen LogP contribution is -2.52. The smallest absolute Gasteiger partial charge is 0.338 e. The van der Waals surface area contributed by atoms with Crippen LogP contribution in [0.1, 0.15) is 63.7 Å². The number of nitrogens with one attached hydrogen (secondary N) is 1. The van der Waals surface area contributed by atoms with Crippen molar-refractivity contribution >= 4 is 40.8 Å². The fourth-order valence-electron chi connectivity index (χ4n) is 7.19. The first-order valence-corrected chi connectivity index (χ1v) is 20.2. The Labute approximate surface area is 362 Å². The first-order chi connectivity index (χ1) is 30.6. The minimum absolute atomic E-state index is 0.0655. The summed E-state index contributed by atoms with van der Waals surface area (Å²) in [5.41, 5.74) is 2.89. The molecule has 8 rings (SSSR count). The van der Waals surface area contributed by atoms with Crippen LogP contribution in [0.15, 0.2) is 146 Å². The fourth-order valence-corrected chi connectivity index (χ4v) is 7.19. The van der Waals surface area contributed by atoms with Crippen molar-refractivity contribution in [2.75, 3.05) is 18.5 Å². The van der Waals surface area contributed by atoms with Gasteiger partial charge in [-0.1, -0.05) is 102 Å². The van der Waals surface area contributed by atoms with Gasteiger partial charge in [0.05, 0.1) is 36.2 Å². The molecule has 7 aromatic rings. The molecule has 0 saturated carbocycles. The number of esters is 3. The van der Waals surface area contributed by atoms with Gasteiger partial charge in [-0.15, -0.1) is 0 Å². The molecule has 1 N–H and O–H groups in total. The van der Waals surface area contributed by atoms with Crippen LogP contribution >= 0.6 is 0 Å². The van der Waals surface area contributed by atoms with Crippen molar-refractivity contribution in [3.05, 3.63) is 191 Å². The predicted molar refractivity (Wildman–Crippen MR) is 231 cm³/mol. The molecule has 4 atom stereocenters. The van der Waals surface area contributed by atoms with Crippen molar-refractivity contribution in [2.24, 2.45) is 0 Å². The van der Waals surface area contributed by atoms with Gasteiger partial charge in [-0.05, 0) is 74.9 Å². The summed E-state index contributed by atoms with van der Waals surface area (Å²) in [7, 11) is 0. The zero-order valence-corrected chi connectivity index (χ0v) is 34.7. The number of rotatable bonds is 14. The number of ether oxygens (including phenoxy) is 5. The number of amides is 1. The van der Waals surface area contributed by atoms with Crippen LogP contribution in [0.4, 0.5) is 5.82 Å². The van der Waals surface area contributed by atoms with E-state index in [4.69, 9.17) is 23.7 Å². The minimum atomic E-state index is -2.04. The van der Waals surface area contributed by atoms with Crippen LogP contribution in [-0.2, 0) is 36.0 Å². The molecule has 5 aromatic carbocycles. The quantitative estimate of drug-likeness (QED) is 0.0843. The summed E-state index contributed by atoms with van der Waals surface area (Å²) in [6.45, 7) is 5.05. The average molecular weight is 846 g/mol. The maximum atomic E-state index is 14.3. The van der Waals surface area contributed by atoms with Gasteiger partial charge in [0.1, 0.15) is 19.0 Å². The highest BCUT2D eigenvalue weighted by Gasteiger charge is 2.62. The summed E-state index contributed by atoms with van der Waals surface area (Å²) in [4.78, 5) is 69.2. The molecule has 0 spiro atoms. The Balaban J connectivity index is 1.26. The zero-order valence-electron chi connectivity index (χ0n) is 34.7. The van der Waals surface area contributed by atoms with Gasteiger partial charge in [0.15, 0.2) is 29.2 Å². The number of aromatic nitrogens is 4. The number of nitrogens with zero attached hydrogens (tertiary/aromatic N) is 4. The Morgan fingerprint density at radius 2 is 1.21 bits per heavy atom. The van der Waals surface area contributed by atoms with Gasteiger partial charge in [0.25, 0.3) is 5.91 Å². The Morgan fingerprint density at radius 1 is 0.651 bits per heavy atom. The molecular formula is C49H43N5O9. The lowest BCUT2D eigenvalue weighted by atomic mass is 10.0. The normalized spacial score (nSPS) is 18.1. The number of carbonyl (C=O) groups excluding carboxylic acids is 4. The van der Waals surface area contributed by atoms with E-state index >= 15 is 0 Å². The van der Waals surface area contributed by atoms with Gasteiger partial charge in [-0.25, -0.2) is 29.3 Å². The SMILES string of the molecule is Cc1ccc(C(=O)OC[C@@]2(n3cnc4c(NC(=O)c5ccccc5)ncnc43)O[C@H](COCc3ccccc3)[C@@H](OC(=O)c3ccc(C)cc3)[C@H]2OC(=O)c2ccc(C)cc2)cc1. The van der Waals surface area contributed by atoms with Crippen LogP contribution in [0.25, 0.3) is 11.2 Å². The molecule has 0 bridgehead atoms. The Bertz CT molecular complexity index is 2730. The first kappa shape index (κ1) is 42.2. The van der Waals surface area contributed by atoms with E-state index in [2.05, 4.69) is 20.3 Å². The lowest BCUT2D eigenvalue weighted by Gasteiger charge is -2.35. The molecule has 2 aromatic heterocycles. The Morgan fingerprint density at radius 3 is 1.81 bits per heavy atom. The molecule has 14 heteroatoms. The van der Waals surface area contributed by atoms with E-state index in [-0.39, 0.29) is 46.9 Å². The lowest BCUT2D eigenvalue weighted by molar-refractivity contribution is -0.175. The fraction of sp³-hybridized carbons (Fsp3) is 0.204. The highest BCUT2D eigenvalue weighted by molar-refractivity contribution is 6.06. The number of fused-ring (bicyclic) bond motifs is 1. The van der Waals surface area contributed by atoms with E-state index in [9.17, 15) is 19.2 Å². The summed E-state index contributed by atoms with van der Waals surface area (Å²) in [5.74, 6) is -2.61. The van der Waals surface area contributed by atoms with E-state index in [1.807, 2.05) is 51.1 Å². The van der Waals surface area contributed by atoms with Crippen molar-refractivity contribution in [3.8, 4) is 0 Å². The van der Waals surface area contributed by atoms with Gasteiger partial charge in [0, 0.05) is 5.56 Å². The third-order valence-electron chi connectivity index (χ3n) is 10.6. The van der Waals surface area contributed by atoms with Crippen molar-refractivity contribution in [3.63, 3.8) is 0 Å².